The second kappa shape index (κ2) is 5.83. The molecule has 104 valence electrons. The van der Waals surface area contributed by atoms with E-state index in [1.807, 2.05) is 0 Å². The molecule has 0 saturated carbocycles. The van der Waals surface area contributed by atoms with Gasteiger partial charge in [-0.25, -0.2) is 8.78 Å². The van der Waals surface area contributed by atoms with Gasteiger partial charge >= 0.3 is 5.69 Å². The highest BCUT2D eigenvalue weighted by atomic mass is 35.5. The molecule has 2 aromatic carbocycles. The summed E-state index contributed by atoms with van der Waals surface area (Å²) in [5.74, 6) is -1.71. The monoisotopic (exact) mass is 299 g/mol. The molecular formula is C13H8ClF2NO3. The fourth-order valence-corrected chi connectivity index (χ4v) is 1.74. The average molecular weight is 300 g/mol. The number of nitro benzene ring substituents is 1. The van der Waals surface area contributed by atoms with Crippen molar-refractivity contribution < 1.29 is 18.4 Å². The Morgan fingerprint density at radius 2 is 1.85 bits per heavy atom. The van der Waals surface area contributed by atoms with Gasteiger partial charge in [-0.1, -0.05) is 17.7 Å². The summed E-state index contributed by atoms with van der Waals surface area (Å²) in [4.78, 5) is 10.1. The smallest absolute Gasteiger partial charge is 0.311 e. The molecule has 4 nitrogen and oxygen atoms in total. The largest absolute Gasteiger partial charge is 0.482 e. The lowest BCUT2D eigenvalue weighted by Crippen LogP contribution is -2.03. The summed E-state index contributed by atoms with van der Waals surface area (Å²) in [5.41, 5.74) is -0.632. The quantitative estimate of drug-likeness (QED) is 0.630. The van der Waals surface area contributed by atoms with Gasteiger partial charge in [-0.3, -0.25) is 10.1 Å². The van der Waals surface area contributed by atoms with Crippen molar-refractivity contribution in [1.82, 2.24) is 0 Å². The predicted molar refractivity (Wildman–Crippen MR) is 68.8 cm³/mol. The molecule has 0 bridgehead atoms. The van der Waals surface area contributed by atoms with Crippen LogP contribution in [0.2, 0.25) is 5.02 Å². The Labute approximate surface area is 117 Å². The van der Waals surface area contributed by atoms with Crippen molar-refractivity contribution in [1.29, 1.82) is 0 Å². The van der Waals surface area contributed by atoms with Gasteiger partial charge in [0.15, 0.2) is 5.75 Å². The first kappa shape index (κ1) is 14.2. The number of nitro groups is 1. The maximum Gasteiger partial charge on any atom is 0.311 e. The number of rotatable bonds is 4. The molecule has 0 N–H and O–H groups in total. The van der Waals surface area contributed by atoms with Crippen molar-refractivity contribution in [2.24, 2.45) is 0 Å². The Hall–Kier alpha value is -2.21. The zero-order valence-corrected chi connectivity index (χ0v) is 10.7. The minimum absolute atomic E-state index is 0.148. The van der Waals surface area contributed by atoms with Crippen molar-refractivity contribution in [3.05, 3.63) is 68.7 Å². The summed E-state index contributed by atoms with van der Waals surface area (Å²) in [6.45, 7) is -0.473. The summed E-state index contributed by atoms with van der Waals surface area (Å²) in [7, 11) is 0. The molecule has 0 amide bonds. The first-order valence-electron chi connectivity index (χ1n) is 5.48. The van der Waals surface area contributed by atoms with Crippen LogP contribution in [0.4, 0.5) is 14.5 Å². The van der Waals surface area contributed by atoms with Crippen molar-refractivity contribution in [3.63, 3.8) is 0 Å². The topological polar surface area (TPSA) is 52.4 Å². The maximum absolute atomic E-state index is 13.4. The van der Waals surface area contributed by atoms with E-state index in [9.17, 15) is 18.9 Å². The molecule has 0 spiro atoms. The Balaban J connectivity index is 2.27. The fraction of sp³-hybridized carbons (Fsp3) is 0.0769. The van der Waals surface area contributed by atoms with E-state index in [4.69, 9.17) is 16.3 Å². The number of ether oxygens (including phenoxy) is 1. The molecule has 0 saturated heterocycles. The van der Waals surface area contributed by atoms with Gasteiger partial charge < -0.3 is 4.74 Å². The highest BCUT2D eigenvalue weighted by Gasteiger charge is 2.17. The summed E-state index contributed by atoms with van der Waals surface area (Å²) in [6, 6.07) is 7.09. The van der Waals surface area contributed by atoms with Gasteiger partial charge in [-0.2, -0.15) is 0 Å². The van der Waals surface area contributed by atoms with E-state index in [1.54, 1.807) is 0 Å². The summed E-state index contributed by atoms with van der Waals surface area (Å²) >= 11 is 5.72. The van der Waals surface area contributed by atoms with Crippen LogP contribution in [0.25, 0.3) is 0 Å². The molecule has 0 radical (unpaired) electrons. The van der Waals surface area contributed by atoms with Gasteiger partial charge in [-0.05, 0) is 18.2 Å². The lowest BCUT2D eigenvalue weighted by Gasteiger charge is -2.08. The van der Waals surface area contributed by atoms with Gasteiger partial charge in [0, 0.05) is 17.2 Å². The molecule has 0 unspecified atom stereocenters. The van der Waals surface area contributed by atoms with Crippen LogP contribution in [0, 0.1) is 21.7 Å². The van der Waals surface area contributed by atoms with E-state index >= 15 is 0 Å². The van der Waals surface area contributed by atoms with Crippen LogP contribution in [0.15, 0.2) is 36.4 Å². The highest BCUT2D eigenvalue weighted by Crippen LogP contribution is 2.30. The number of hydrogen-bond donors (Lipinski definition) is 0. The zero-order chi connectivity index (χ0) is 14.7. The summed E-state index contributed by atoms with van der Waals surface area (Å²) in [5, 5.41) is 11.0. The molecule has 0 aliphatic carbocycles. The summed E-state index contributed by atoms with van der Waals surface area (Å²) in [6.07, 6.45) is 0. The third-order valence-corrected chi connectivity index (χ3v) is 2.79. The number of hydrogen-bond acceptors (Lipinski definition) is 3. The number of halogens is 3. The van der Waals surface area contributed by atoms with Gasteiger partial charge in [0.05, 0.1) is 10.5 Å². The van der Waals surface area contributed by atoms with Crippen LogP contribution in [0.1, 0.15) is 5.56 Å². The number of nitrogens with zero attached hydrogens (tertiary/aromatic N) is 1. The predicted octanol–water partition coefficient (Wildman–Crippen LogP) is 4.11. The molecule has 0 atom stereocenters. The second-order valence-electron chi connectivity index (χ2n) is 3.86. The summed E-state index contributed by atoms with van der Waals surface area (Å²) < 4.78 is 31.9. The molecule has 0 aromatic heterocycles. The molecule has 2 rings (SSSR count). The minimum atomic E-state index is -0.783. The van der Waals surface area contributed by atoms with Crippen LogP contribution in [0.5, 0.6) is 5.75 Å². The molecular weight excluding hydrogens is 292 g/mol. The van der Waals surface area contributed by atoms with E-state index < -0.39 is 23.2 Å². The SMILES string of the molecule is O=[N+]([O-])c1ccc(Cl)cc1OCc1c(F)cccc1F. The molecule has 2 aromatic rings. The Morgan fingerprint density at radius 1 is 1.20 bits per heavy atom. The zero-order valence-electron chi connectivity index (χ0n) is 9.98. The van der Waals surface area contributed by atoms with Crippen molar-refractivity contribution in [3.8, 4) is 5.75 Å². The fourth-order valence-electron chi connectivity index (χ4n) is 1.57. The van der Waals surface area contributed by atoms with Gasteiger partial charge in [0.25, 0.3) is 0 Å². The van der Waals surface area contributed by atoms with Gasteiger partial charge in [-0.15, -0.1) is 0 Å². The molecule has 0 fully saturated rings. The third kappa shape index (κ3) is 3.03. The van der Waals surface area contributed by atoms with Crippen molar-refractivity contribution in [2.75, 3.05) is 0 Å². The lowest BCUT2D eigenvalue weighted by molar-refractivity contribution is -0.385. The minimum Gasteiger partial charge on any atom is -0.482 e. The van der Waals surface area contributed by atoms with E-state index in [0.717, 1.165) is 18.2 Å². The average Bonchev–Trinajstić information content (AvgIpc) is 2.37. The Bertz CT molecular complexity index is 644. The molecule has 0 heterocycles. The van der Waals surface area contributed by atoms with Crippen LogP contribution in [0.3, 0.4) is 0 Å². The molecule has 20 heavy (non-hydrogen) atoms. The second-order valence-corrected chi connectivity index (χ2v) is 4.29. The first-order chi connectivity index (χ1) is 9.49. The van der Waals surface area contributed by atoms with Crippen LogP contribution >= 0.6 is 11.6 Å². The molecule has 0 aliphatic rings. The lowest BCUT2D eigenvalue weighted by atomic mass is 10.2. The van der Waals surface area contributed by atoms with Gasteiger partial charge in [0.2, 0.25) is 0 Å². The highest BCUT2D eigenvalue weighted by molar-refractivity contribution is 6.30. The third-order valence-electron chi connectivity index (χ3n) is 2.55. The van der Waals surface area contributed by atoms with Crippen LogP contribution in [-0.4, -0.2) is 4.92 Å². The van der Waals surface area contributed by atoms with E-state index in [2.05, 4.69) is 0 Å². The van der Waals surface area contributed by atoms with E-state index in [1.165, 1.54) is 18.2 Å². The number of benzene rings is 2. The standard InChI is InChI=1S/C13H8ClF2NO3/c14-8-4-5-12(17(18)19)13(6-8)20-7-9-10(15)2-1-3-11(9)16/h1-6H,7H2. The van der Waals surface area contributed by atoms with Crippen LogP contribution in [-0.2, 0) is 6.61 Å². The van der Waals surface area contributed by atoms with E-state index in [0.29, 0.717) is 0 Å². The molecule has 7 heteroatoms. The van der Waals surface area contributed by atoms with Crippen molar-refractivity contribution in [2.45, 2.75) is 6.61 Å². The maximum atomic E-state index is 13.4. The Kier molecular flexibility index (Phi) is 4.14. The van der Waals surface area contributed by atoms with Crippen molar-refractivity contribution >= 4 is 17.3 Å². The Morgan fingerprint density at radius 3 is 2.45 bits per heavy atom. The molecule has 0 aliphatic heterocycles. The van der Waals surface area contributed by atoms with Gasteiger partial charge in [0.1, 0.15) is 18.2 Å². The van der Waals surface area contributed by atoms with E-state index in [-0.39, 0.29) is 22.0 Å². The normalized spacial score (nSPS) is 10.3. The van der Waals surface area contributed by atoms with Crippen LogP contribution < -0.4 is 4.74 Å². The first-order valence-corrected chi connectivity index (χ1v) is 5.86.